The molecule has 0 aromatic heterocycles. The Morgan fingerprint density at radius 1 is 1.58 bits per heavy atom. The Kier molecular flexibility index (Phi) is 2.62. The van der Waals surface area contributed by atoms with E-state index in [1.54, 1.807) is 6.07 Å². The van der Waals surface area contributed by atoms with Crippen LogP contribution in [0.2, 0.25) is 5.02 Å². The Morgan fingerprint density at radius 2 is 2.25 bits per heavy atom. The molecule has 1 aromatic carbocycles. The van der Waals surface area contributed by atoms with E-state index in [0.717, 1.165) is 0 Å². The molecule has 0 aliphatic carbocycles. The predicted octanol–water partition coefficient (Wildman–Crippen LogP) is 1.71. The van der Waals surface area contributed by atoms with Crippen LogP contribution in [0.25, 0.3) is 0 Å². The van der Waals surface area contributed by atoms with E-state index in [2.05, 4.69) is 0 Å². The van der Waals surface area contributed by atoms with Crippen LogP contribution < -0.4 is 5.73 Å². The number of hydrogen-bond acceptors (Lipinski definition) is 3. The summed E-state index contributed by atoms with van der Waals surface area (Å²) in [7, 11) is 0. The van der Waals surface area contributed by atoms with Crippen molar-refractivity contribution in [3.8, 4) is 0 Å². The highest BCUT2D eigenvalue weighted by Gasteiger charge is 2.13. The molecule has 64 valence electrons. The van der Waals surface area contributed by atoms with Crippen LogP contribution in [-0.2, 0) is 6.54 Å². The van der Waals surface area contributed by atoms with Gasteiger partial charge in [0.1, 0.15) is 0 Å². The molecule has 4 nitrogen and oxygen atoms in total. The van der Waals surface area contributed by atoms with Gasteiger partial charge >= 0.3 is 0 Å². The zero-order valence-electron chi connectivity index (χ0n) is 6.16. The van der Waals surface area contributed by atoms with Gasteiger partial charge < -0.3 is 5.73 Å². The third-order valence-electron chi connectivity index (χ3n) is 1.49. The highest BCUT2D eigenvalue weighted by molar-refractivity contribution is 6.31. The summed E-state index contributed by atoms with van der Waals surface area (Å²) >= 11 is 5.69. The van der Waals surface area contributed by atoms with Gasteiger partial charge in [0.15, 0.2) is 0 Å². The predicted molar refractivity (Wildman–Crippen MR) is 46.0 cm³/mol. The number of benzene rings is 1. The first-order chi connectivity index (χ1) is 5.66. The summed E-state index contributed by atoms with van der Waals surface area (Å²) in [6.45, 7) is 0.0794. The van der Waals surface area contributed by atoms with E-state index in [-0.39, 0.29) is 12.2 Å². The average molecular weight is 187 g/mol. The maximum absolute atomic E-state index is 10.4. The van der Waals surface area contributed by atoms with Gasteiger partial charge in [0.05, 0.1) is 15.5 Å². The Morgan fingerprint density at radius 3 is 2.67 bits per heavy atom. The second kappa shape index (κ2) is 3.51. The zero-order chi connectivity index (χ0) is 9.14. The third kappa shape index (κ3) is 1.54. The normalized spacial score (nSPS) is 9.83. The molecule has 5 heteroatoms. The van der Waals surface area contributed by atoms with E-state index in [0.29, 0.717) is 10.6 Å². The van der Waals surface area contributed by atoms with Gasteiger partial charge in [-0.15, -0.1) is 0 Å². The molecule has 1 aromatic rings. The van der Waals surface area contributed by atoms with Crippen LogP contribution in [0.4, 0.5) is 5.69 Å². The summed E-state index contributed by atoms with van der Waals surface area (Å²) in [6, 6.07) is 4.49. The summed E-state index contributed by atoms with van der Waals surface area (Å²) < 4.78 is 0. The van der Waals surface area contributed by atoms with Gasteiger partial charge in [-0.05, 0) is 6.07 Å². The Hall–Kier alpha value is -1.13. The van der Waals surface area contributed by atoms with Crippen molar-refractivity contribution in [3.63, 3.8) is 0 Å². The molecule has 1 rings (SSSR count). The van der Waals surface area contributed by atoms with Crippen molar-refractivity contribution in [1.82, 2.24) is 0 Å². The van der Waals surface area contributed by atoms with Crippen LogP contribution in [-0.4, -0.2) is 4.92 Å². The summed E-state index contributed by atoms with van der Waals surface area (Å²) in [5, 5.41) is 10.8. The van der Waals surface area contributed by atoms with Gasteiger partial charge in [0.2, 0.25) is 0 Å². The number of nitro groups is 1. The lowest BCUT2D eigenvalue weighted by atomic mass is 10.2. The molecule has 0 bridgehead atoms. The highest BCUT2D eigenvalue weighted by Crippen LogP contribution is 2.25. The van der Waals surface area contributed by atoms with E-state index >= 15 is 0 Å². The molecule has 12 heavy (non-hydrogen) atoms. The van der Waals surface area contributed by atoms with Crippen molar-refractivity contribution in [3.05, 3.63) is 38.9 Å². The molecule has 0 fully saturated rings. The number of nitrogens with two attached hydrogens (primary N) is 1. The average Bonchev–Trinajstić information content (AvgIpc) is 2.03. The standard InChI is InChI=1S/C7H7ClN2O2/c8-6-2-1-3-7(10(11)12)5(6)4-9/h1-3H,4,9H2. The lowest BCUT2D eigenvalue weighted by Gasteiger charge is -2.00. The molecule has 0 radical (unpaired) electrons. The minimum atomic E-state index is -0.492. The van der Waals surface area contributed by atoms with Crippen LogP contribution in [0.5, 0.6) is 0 Å². The minimum Gasteiger partial charge on any atom is -0.326 e. The van der Waals surface area contributed by atoms with Gasteiger partial charge in [0, 0.05) is 12.6 Å². The summed E-state index contributed by atoms with van der Waals surface area (Å²) in [6.07, 6.45) is 0. The van der Waals surface area contributed by atoms with Crippen LogP contribution in [0.1, 0.15) is 5.56 Å². The number of rotatable bonds is 2. The Balaban J connectivity index is 3.27. The van der Waals surface area contributed by atoms with E-state index in [9.17, 15) is 10.1 Å². The fraction of sp³-hybridized carbons (Fsp3) is 0.143. The van der Waals surface area contributed by atoms with Crippen molar-refractivity contribution in [2.24, 2.45) is 5.73 Å². The molecule has 0 aliphatic heterocycles. The molecule has 0 atom stereocenters. The molecular formula is C7H7ClN2O2. The SMILES string of the molecule is NCc1c(Cl)cccc1[N+](=O)[O-]. The molecule has 0 heterocycles. The number of hydrogen-bond donors (Lipinski definition) is 1. The molecule has 0 saturated carbocycles. The summed E-state index contributed by atoms with van der Waals surface area (Å²) in [5.41, 5.74) is 5.66. The minimum absolute atomic E-state index is 0.0231. The molecule has 0 unspecified atom stereocenters. The molecule has 0 saturated heterocycles. The fourth-order valence-corrected chi connectivity index (χ4v) is 1.17. The summed E-state index contributed by atoms with van der Waals surface area (Å²) in [5.74, 6) is 0. The molecular weight excluding hydrogens is 180 g/mol. The maximum atomic E-state index is 10.4. The molecule has 2 N–H and O–H groups in total. The monoisotopic (exact) mass is 186 g/mol. The van der Waals surface area contributed by atoms with Gasteiger partial charge in [-0.3, -0.25) is 10.1 Å². The smallest absolute Gasteiger partial charge is 0.275 e. The molecule has 0 amide bonds. The van der Waals surface area contributed by atoms with Crippen molar-refractivity contribution in [2.75, 3.05) is 0 Å². The summed E-state index contributed by atoms with van der Waals surface area (Å²) in [4.78, 5) is 9.93. The van der Waals surface area contributed by atoms with Gasteiger partial charge in [-0.25, -0.2) is 0 Å². The topological polar surface area (TPSA) is 69.2 Å². The van der Waals surface area contributed by atoms with Crippen molar-refractivity contribution >= 4 is 17.3 Å². The fourth-order valence-electron chi connectivity index (χ4n) is 0.920. The quantitative estimate of drug-likeness (QED) is 0.565. The highest BCUT2D eigenvalue weighted by atomic mass is 35.5. The van der Waals surface area contributed by atoms with Crippen molar-refractivity contribution in [2.45, 2.75) is 6.54 Å². The van der Waals surface area contributed by atoms with Crippen molar-refractivity contribution < 1.29 is 4.92 Å². The lowest BCUT2D eigenvalue weighted by molar-refractivity contribution is -0.385. The molecule has 0 aliphatic rings. The number of halogens is 1. The Bertz CT molecular complexity index is 314. The lowest BCUT2D eigenvalue weighted by Crippen LogP contribution is -2.02. The number of nitrogens with zero attached hydrogens (tertiary/aromatic N) is 1. The van der Waals surface area contributed by atoms with Crippen LogP contribution >= 0.6 is 11.6 Å². The first-order valence-corrected chi connectivity index (χ1v) is 3.66. The van der Waals surface area contributed by atoms with Crippen LogP contribution in [0.15, 0.2) is 18.2 Å². The Labute approximate surface area is 74.1 Å². The van der Waals surface area contributed by atoms with E-state index in [1.807, 2.05) is 0 Å². The second-order valence-corrected chi connectivity index (χ2v) is 2.61. The van der Waals surface area contributed by atoms with Crippen LogP contribution in [0, 0.1) is 10.1 Å². The molecule has 0 spiro atoms. The van der Waals surface area contributed by atoms with Crippen molar-refractivity contribution in [1.29, 1.82) is 0 Å². The largest absolute Gasteiger partial charge is 0.326 e. The van der Waals surface area contributed by atoms with Crippen LogP contribution in [0.3, 0.4) is 0 Å². The second-order valence-electron chi connectivity index (χ2n) is 2.20. The maximum Gasteiger partial charge on any atom is 0.275 e. The van der Waals surface area contributed by atoms with Gasteiger partial charge in [-0.2, -0.15) is 0 Å². The van der Waals surface area contributed by atoms with Gasteiger partial charge in [0.25, 0.3) is 5.69 Å². The van der Waals surface area contributed by atoms with Gasteiger partial charge in [-0.1, -0.05) is 17.7 Å². The first-order valence-electron chi connectivity index (χ1n) is 3.28. The number of nitro benzene ring substituents is 1. The third-order valence-corrected chi connectivity index (χ3v) is 1.85. The first kappa shape index (κ1) is 8.96. The van der Waals surface area contributed by atoms with E-state index in [1.165, 1.54) is 12.1 Å². The zero-order valence-corrected chi connectivity index (χ0v) is 6.91. The van der Waals surface area contributed by atoms with E-state index < -0.39 is 4.92 Å². The van der Waals surface area contributed by atoms with E-state index in [4.69, 9.17) is 17.3 Å².